The van der Waals surface area contributed by atoms with Gasteiger partial charge in [0.15, 0.2) is 0 Å². The first-order valence-corrected chi connectivity index (χ1v) is 8.32. The number of carbonyl (C=O) groups is 2. The number of carbonyl (C=O) groups excluding carboxylic acids is 1. The van der Waals surface area contributed by atoms with Crippen LogP contribution in [-0.4, -0.2) is 22.7 Å². The third kappa shape index (κ3) is 3.41. The van der Waals surface area contributed by atoms with Crippen LogP contribution in [0, 0.1) is 6.92 Å². The maximum atomic E-state index is 12.3. The maximum Gasteiger partial charge on any atom is 0.372 e. The summed E-state index contributed by atoms with van der Waals surface area (Å²) < 4.78 is 5.42. The molecule has 0 saturated heterocycles. The van der Waals surface area contributed by atoms with E-state index in [-0.39, 0.29) is 16.3 Å². The third-order valence-electron chi connectivity index (χ3n) is 3.99. The molecule has 25 heavy (non-hydrogen) atoms. The van der Waals surface area contributed by atoms with Gasteiger partial charge in [-0.1, -0.05) is 23.2 Å². The van der Waals surface area contributed by atoms with Gasteiger partial charge in [-0.15, -0.1) is 0 Å². The van der Waals surface area contributed by atoms with Crippen LogP contribution in [0.5, 0.6) is 0 Å². The minimum Gasteiger partial charge on any atom is -0.475 e. The molecular formula is C17H14Cl2N2O4. The molecule has 1 heterocycles. The molecule has 1 aromatic carbocycles. The van der Waals surface area contributed by atoms with Crippen LogP contribution in [0.2, 0.25) is 10.0 Å². The number of aromatic carboxylic acids is 1. The number of fused-ring (bicyclic) bond motifs is 1. The molecular weight excluding hydrogens is 367 g/mol. The number of nitrogens with zero attached hydrogens (tertiary/aromatic N) is 1. The van der Waals surface area contributed by atoms with Gasteiger partial charge in [0.05, 0.1) is 16.3 Å². The monoisotopic (exact) mass is 380 g/mol. The van der Waals surface area contributed by atoms with E-state index in [1.807, 2.05) is 0 Å². The molecule has 0 spiro atoms. The second-order valence-corrected chi connectivity index (χ2v) is 6.48. The van der Waals surface area contributed by atoms with Crippen LogP contribution in [-0.2, 0) is 6.42 Å². The van der Waals surface area contributed by atoms with Crippen LogP contribution in [0.3, 0.4) is 0 Å². The van der Waals surface area contributed by atoms with Gasteiger partial charge in [-0.3, -0.25) is 4.79 Å². The summed E-state index contributed by atoms with van der Waals surface area (Å²) in [5, 5.41) is 14.0. The van der Waals surface area contributed by atoms with E-state index in [1.165, 1.54) is 12.1 Å². The first-order valence-electron chi connectivity index (χ1n) is 7.56. The molecule has 0 radical (unpaired) electrons. The van der Waals surface area contributed by atoms with Crippen molar-refractivity contribution in [3.05, 3.63) is 56.5 Å². The lowest BCUT2D eigenvalue weighted by molar-refractivity contribution is 0.0659. The van der Waals surface area contributed by atoms with Crippen molar-refractivity contribution >= 4 is 40.8 Å². The summed E-state index contributed by atoms with van der Waals surface area (Å²) in [6.45, 7) is 1.67. The molecule has 0 saturated carbocycles. The van der Waals surface area contributed by atoms with Gasteiger partial charge < -0.3 is 9.52 Å². The molecule has 2 aromatic rings. The zero-order valence-electron chi connectivity index (χ0n) is 13.2. The molecule has 0 aliphatic heterocycles. The number of nitrogens with one attached hydrogen (secondary N) is 1. The Morgan fingerprint density at radius 2 is 2.04 bits per heavy atom. The number of carboxylic acids is 1. The summed E-state index contributed by atoms with van der Waals surface area (Å²) in [7, 11) is 0. The van der Waals surface area contributed by atoms with Crippen LogP contribution in [0.1, 0.15) is 50.6 Å². The largest absolute Gasteiger partial charge is 0.475 e. The Bertz CT molecular complexity index is 902. The number of benzene rings is 1. The maximum absolute atomic E-state index is 12.3. The molecule has 0 fully saturated rings. The quantitative estimate of drug-likeness (QED) is 0.785. The number of hydrogen-bond donors (Lipinski definition) is 2. The van der Waals surface area contributed by atoms with E-state index in [0.717, 1.165) is 6.42 Å². The SMILES string of the molecule is Cc1c(C(=O)O)oc2c1/C(=N/NC(=O)c1ccc(Cl)cc1Cl)CCC2. The molecule has 1 aliphatic rings. The van der Waals surface area contributed by atoms with Crippen molar-refractivity contribution in [3.8, 4) is 0 Å². The van der Waals surface area contributed by atoms with Crippen LogP contribution < -0.4 is 5.43 Å². The topological polar surface area (TPSA) is 91.9 Å². The van der Waals surface area contributed by atoms with Crippen molar-refractivity contribution in [1.82, 2.24) is 5.43 Å². The smallest absolute Gasteiger partial charge is 0.372 e. The zero-order chi connectivity index (χ0) is 18.1. The van der Waals surface area contributed by atoms with Crippen molar-refractivity contribution in [2.24, 2.45) is 5.10 Å². The average Bonchev–Trinajstić information content (AvgIpc) is 2.90. The van der Waals surface area contributed by atoms with Gasteiger partial charge in [0.1, 0.15) is 5.76 Å². The predicted molar refractivity (Wildman–Crippen MR) is 93.8 cm³/mol. The molecule has 0 atom stereocenters. The van der Waals surface area contributed by atoms with Gasteiger partial charge in [-0.25, -0.2) is 10.2 Å². The zero-order valence-corrected chi connectivity index (χ0v) is 14.7. The van der Waals surface area contributed by atoms with Crippen LogP contribution in [0.4, 0.5) is 0 Å². The second-order valence-electron chi connectivity index (χ2n) is 5.64. The summed E-state index contributed by atoms with van der Waals surface area (Å²) in [6.07, 6.45) is 2.01. The van der Waals surface area contributed by atoms with Gasteiger partial charge in [-0.05, 0) is 38.0 Å². The number of furan rings is 1. The highest BCUT2D eigenvalue weighted by Crippen LogP contribution is 2.30. The van der Waals surface area contributed by atoms with Crippen LogP contribution in [0.25, 0.3) is 0 Å². The van der Waals surface area contributed by atoms with Crippen LogP contribution in [0.15, 0.2) is 27.7 Å². The third-order valence-corrected chi connectivity index (χ3v) is 4.54. The van der Waals surface area contributed by atoms with E-state index in [0.29, 0.717) is 40.5 Å². The number of rotatable bonds is 3. The Labute approximate surface area is 153 Å². The van der Waals surface area contributed by atoms with Gasteiger partial charge >= 0.3 is 5.97 Å². The molecule has 0 unspecified atom stereocenters. The number of hydrazone groups is 1. The highest BCUT2D eigenvalue weighted by atomic mass is 35.5. The normalized spacial score (nSPS) is 15.1. The van der Waals surface area contributed by atoms with Crippen molar-refractivity contribution < 1.29 is 19.1 Å². The lowest BCUT2D eigenvalue weighted by atomic mass is 9.93. The lowest BCUT2D eigenvalue weighted by Gasteiger charge is -2.13. The molecule has 2 N–H and O–H groups in total. The number of hydrogen-bond acceptors (Lipinski definition) is 4. The number of halogens is 2. The molecule has 8 heteroatoms. The summed E-state index contributed by atoms with van der Waals surface area (Å²) in [5.74, 6) is -1.10. The first-order chi connectivity index (χ1) is 11.9. The van der Waals surface area contributed by atoms with E-state index in [1.54, 1.807) is 13.0 Å². The Morgan fingerprint density at radius 3 is 2.72 bits per heavy atom. The molecule has 1 aliphatic carbocycles. The predicted octanol–water partition coefficient (Wildman–Crippen LogP) is 4.06. The molecule has 0 bridgehead atoms. The molecule has 1 amide bonds. The van der Waals surface area contributed by atoms with Crippen molar-refractivity contribution in [3.63, 3.8) is 0 Å². The van der Waals surface area contributed by atoms with Crippen molar-refractivity contribution in [2.45, 2.75) is 26.2 Å². The fourth-order valence-electron chi connectivity index (χ4n) is 2.84. The Balaban J connectivity index is 1.89. The molecule has 130 valence electrons. The average molecular weight is 381 g/mol. The summed E-state index contributed by atoms with van der Waals surface area (Å²) in [5.41, 5.74) is 4.48. The lowest BCUT2D eigenvalue weighted by Crippen LogP contribution is -2.22. The molecule has 6 nitrogen and oxygen atoms in total. The van der Waals surface area contributed by atoms with Gasteiger partial charge in [0.25, 0.3) is 5.91 Å². The number of carboxylic acid groups (broad SMARTS) is 1. The fraction of sp³-hybridized carbons (Fsp3) is 0.235. The van der Waals surface area contributed by atoms with E-state index >= 15 is 0 Å². The summed E-state index contributed by atoms with van der Waals surface area (Å²) >= 11 is 11.8. The summed E-state index contributed by atoms with van der Waals surface area (Å²) in [6, 6.07) is 4.55. The van der Waals surface area contributed by atoms with Crippen molar-refractivity contribution in [1.29, 1.82) is 0 Å². The fourth-order valence-corrected chi connectivity index (χ4v) is 3.33. The second kappa shape index (κ2) is 6.90. The van der Waals surface area contributed by atoms with E-state index in [4.69, 9.17) is 27.6 Å². The minimum atomic E-state index is -1.12. The van der Waals surface area contributed by atoms with E-state index < -0.39 is 11.9 Å². The van der Waals surface area contributed by atoms with E-state index in [2.05, 4.69) is 10.5 Å². The Hall–Kier alpha value is -2.31. The minimum absolute atomic E-state index is 0.0910. The standard InChI is InChI=1S/C17H14Cl2N2O4/c1-8-14-12(3-2-4-13(14)25-15(8)17(23)24)20-21-16(22)10-6-5-9(18)7-11(10)19/h5-7H,2-4H2,1H3,(H,21,22)(H,23,24)/b20-12+. The first kappa shape index (κ1) is 17.5. The molecule has 3 rings (SSSR count). The Kier molecular flexibility index (Phi) is 4.83. The summed E-state index contributed by atoms with van der Waals surface area (Å²) in [4.78, 5) is 23.5. The van der Waals surface area contributed by atoms with E-state index in [9.17, 15) is 14.7 Å². The Morgan fingerprint density at radius 1 is 1.28 bits per heavy atom. The van der Waals surface area contributed by atoms with Gasteiger partial charge in [0.2, 0.25) is 5.76 Å². The molecule has 1 aromatic heterocycles. The van der Waals surface area contributed by atoms with Crippen molar-refractivity contribution in [2.75, 3.05) is 0 Å². The number of amides is 1. The van der Waals surface area contributed by atoms with Gasteiger partial charge in [-0.2, -0.15) is 5.10 Å². The van der Waals surface area contributed by atoms with Gasteiger partial charge in [0, 0.05) is 22.6 Å². The van der Waals surface area contributed by atoms with Crippen LogP contribution >= 0.6 is 23.2 Å². The highest BCUT2D eigenvalue weighted by molar-refractivity contribution is 6.36. The number of aryl methyl sites for hydroxylation is 1. The highest BCUT2D eigenvalue weighted by Gasteiger charge is 2.27.